The Morgan fingerprint density at radius 2 is 2.06 bits per heavy atom. The Labute approximate surface area is 101 Å². The highest BCUT2D eigenvalue weighted by atomic mass is 19.4. The maximum Gasteiger partial charge on any atom is 0.433 e. The summed E-state index contributed by atoms with van der Waals surface area (Å²) in [6.07, 6.45) is -1.79. The van der Waals surface area contributed by atoms with Crippen LogP contribution in [0.25, 0.3) is 0 Å². The molecular formula is C10H10F3N5. The zero-order chi connectivity index (χ0) is 13.3. The fourth-order valence-corrected chi connectivity index (χ4v) is 1.42. The number of halogens is 3. The van der Waals surface area contributed by atoms with E-state index in [-0.39, 0.29) is 5.95 Å². The first-order valence-electron chi connectivity index (χ1n) is 5.04. The molecule has 2 rings (SSSR count). The van der Waals surface area contributed by atoms with E-state index < -0.39 is 11.9 Å². The Kier molecular flexibility index (Phi) is 2.93. The van der Waals surface area contributed by atoms with E-state index in [0.29, 0.717) is 11.4 Å². The molecule has 96 valence electrons. The summed E-state index contributed by atoms with van der Waals surface area (Å²) in [5.74, 6) is -0.110. The van der Waals surface area contributed by atoms with Crippen molar-refractivity contribution in [3.63, 3.8) is 0 Å². The van der Waals surface area contributed by atoms with Gasteiger partial charge in [-0.25, -0.2) is 9.97 Å². The Balaban J connectivity index is 2.27. The third-order valence-electron chi connectivity index (χ3n) is 2.21. The highest BCUT2D eigenvalue weighted by Crippen LogP contribution is 2.28. The molecule has 0 amide bonds. The number of aryl methyl sites for hydroxylation is 2. The molecule has 0 spiro atoms. The third-order valence-corrected chi connectivity index (χ3v) is 2.21. The van der Waals surface area contributed by atoms with Gasteiger partial charge in [-0.15, -0.1) is 0 Å². The Bertz CT molecular complexity index is 561. The van der Waals surface area contributed by atoms with Gasteiger partial charge in [0, 0.05) is 19.4 Å². The van der Waals surface area contributed by atoms with Crippen LogP contribution >= 0.6 is 0 Å². The van der Waals surface area contributed by atoms with Crippen LogP contribution < -0.4 is 5.32 Å². The van der Waals surface area contributed by atoms with Gasteiger partial charge in [0.1, 0.15) is 5.69 Å². The Hall–Kier alpha value is -2.12. The number of nitrogens with one attached hydrogen (secondary N) is 1. The molecule has 0 saturated carbocycles. The van der Waals surface area contributed by atoms with Crippen molar-refractivity contribution >= 4 is 11.6 Å². The highest BCUT2D eigenvalue weighted by Gasteiger charge is 2.32. The number of aromatic nitrogens is 4. The van der Waals surface area contributed by atoms with Gasteiger partial charge in [0.05, 0.1) is 11.4 Å². The van der Waals surface area contributed by atoms with Crippen molar-refractivity contribution in [1.82, 2.24) is 19.7 Å². The lowest BCUT2D eigenvalue weighted by Crippen LogP contribution is -2.10. The minimum Gasteiger partial charge on any atom is -0.321 e. The van der Waals surface area contributed by atoms with Crippen LogP contribution in [0.3, 0.4) is 0 Å². The van der Waals surface area contributed by atoms with Gasteiger partial charge in [-0.05, 0) is 13.0 Å². The Morgan fingerprint density at radius 1 is 1.33 bits per heavy atom. The van der Waals surface area contributed by atoms with E-state index in [0.717, 1.165) is 12.3 Å². The topological polar surface area (TPSA) is 55.6 Å². The van der Waals surface area contributed by atoms with Crippen molar-refractivity contribution in [1.29, 1.82) is 0 Å². The SMILES string of the molecule is Cc1nn(C)cc1Nc1nccc(C(F)(F)F)n1. The summed E-state index contributed by atoms with van der Waals surface area (Å²) in [4.78, 5) is 7.14. The second-order valence-electron chi connectivity index (χ2n) is 3.69. The summed E-state index contributed by atoms with van der Waals surface area (Å²) in [7, 11) is 1.71. The first kappa shape index (κ1) is 12.3. The monoisotopic (exact) mass is 257 g/mol. The molecule has 0 atom stereocenters. The number of anilines is 2. The van der Waals surface area contributed by atoms with Gasteiger partial charge in [-0.3, -0.25) is 4.68 Å². The quantitative estimate of drug-likeness (QED) is 0.896. The second-order valence-corrected chi connectivity index (χ2v) is 3.69. The molecule has 2 aromatic heterocycles. The molecule has 0 saturated heterocycles. The zero-order valence-electron chi connectivity index (χ0n) is 9.65. The highest BCUT2D eigenvalue weighted by molar-refractivity contribution is 5.54. The lowest BCUT2D eigenvalue weighted by molar-refractivity contribution is -0.141. The van der Waals surface area contributed by atoms with Gasteiger partial charge in [0.2, 0.25) is 5.95 Å². The normalized spacial score (nSPS) is 11.6. The molecule has 0 aromatic carbocycles. The lowest BCUT2D eigenvalue weighted by atomic mass is 10.4. The van der Waals surface area contributed by atoms with Crippen LogP contribution in [0.1, 0.15) is 11.4 Å². The molecule has 0 aliphatic carbocycles. The fraction of sp³-hybridized carbons (Fsp3) is 0.300. The van der Waals surface area contributed by atoms with E-state index in [1.165, 1.54) is 0 Å². The predicted molar refractivity (Wildman–Crippen MR) is 58.3 cm³/mol. The van der Waals surface area contributed by atoms with Crippen molar-refractivity contribution in [2.45, 2.75) is 13.1 Å². The summed E-state index contributed by atoms with van der Waals surface area (Å²) in [6, 6.07) is 0.821. The molecule has 0 aliphatic heterocycles. The summed E-state index contributed by atoms with van der Waals surface area (Å²) < 4.78 is 38.9. The van der Waals surface area contributed by atoms with Crippen molar-refractivity contribution in [2.24, 2.45) is 7.05 Å². The van der Waals surface area contributed by atoms with E-state index in [1.807, 2.05) is 0 Å². The summed E-state index contributed by atoms with van der Waals surface area (Å²) >= 11 is 0. The largest absolute Gasteiger partial charge is 0.433 e. The van der Waals surface area contributed by atoms with E-state index in [4.69, 9.17) is 0 Å². The van der Waals surface area contributed by atoms with Crippen LogP contribution in [0.5, 0.6) is 0 Å². The maximum absolute atomic E-state index is 12.5. The molecule has 8 heteroatoms. The molecule has 0 aliphatic rings. The van der Waals surface area contributed by atoms with Gasteiger partial charge >= 0.3 is 6.18 Å². The fourth-order valence-electron chi connectivity index (χ4n) is 1.42. The zero-order valence-corrected chi connectivity index (χ0v) is 9.65. The number of hydrogen-bond donors (Lipinski definition) is 1. The smallest absolute Gasteiger partial charge is 0.321 e. The molecule has 0 unspecified atom stereocenters. The van der Waals surface area contributed by atoms with Gasteiger partial charge in [-0.1, -0.05) is 0 Å². The van der Waals surface area contributed by atoms with E-state index in [9.17, 15) is 13.2 Å². The molecule has 18 heavy (non-hydrogen) atoms. The Morgan fingerprint density at radius 3 is 2.61 bits per heavy atom. The van der Waals surface area contributed by atoms with Gasteiger partial charge in [0.15, 0.2) is 0 Å². The van der Waals surface area contributed by atoms with Gasteiger partial charge in [-0.2, -0.15) is 18.3 Å². The molecule has 2 aromatic rings. The standard InChI is InChI=1S/C10H10F3N5/c1-6-7(5-18(2)17-6)15-9-14-4-3-8(16-9)10(11,12)13/h3-5H,1-2H3,(H,14,15,16). The number of alkyl halides is 3. The van der Waals surface area contributed by atoms with Crippen LogP contribution in [0.2, 0.25) is 0 Å². The maximum atomic E-state index is 12.5. The summed E-state index contributed by atoms with van der Waals surface area (Å²) in [6.45, 7) is 1.73. The second kappa shape index (κ2) is 4.28. The van der Waals surface area contributed by atoms with Crippen molar-refractivity contribution in [3.05, 3.63) is 29.8 Å². The van der Waals surface area contributed by atoms with E-state index in [2.05, 4.69) is 20.4 Å². The van der Waals surface area contributed by atoms with Crippen LogP contribution in [0, 0.1) is 6.92 Å². The summed E-state index contributed by atoms with van der Waals surface area (Å²) in [5, 5.41) is 6.75. The average molecular weight is 257 g/mol. The molecule has 1 N–H and O–H groups in total. The summed E-state index contributed by atoms with van der Waals surface area (Å²) in [5.41, 5.74) is 0.233. The first-order chi connectivity index (χ1) is 8.36. The molecule has 2 heterocycles. The van der Waals surface area contributed by atoms with Crippen LogP contribution in [-0.2, 0) is 13.2 Å². The van der Waals surface area contributed by atoms with Gasteiger partial charge in [0.25, 0.3) is 0 Å². The van der Waals surface area contributed by atoms with Crippen molar-refractivity contribution in [2.75, 3.05) is 5.32 Å². The van der Waals surface area contributed by atoms with E-state index in [1.54, 1.807) is 24.9 Å². The molecular weight excluding hydrogens is 247 g/mol. The third kappa shape index (κ3) is 2.58. The van der Waals surface area contributed by atoms with Crippen molar-refractivity contribution in [3.8, 4) is 0 Å². The minimum absolute atomic E-state index is 0.110. The van der Waals surface area contributed by atoms with Crippen LogP contribution in [-0.4, -0.2) is 19.7 Å². The first-order valence-corrected chi connectivity index (χ1v) is 5.04. The number of hydrogen-bond acceptors (Lipinski definition) is 4. The van der Waals surface area contributed by atoms with E-state index >= 15 is 0 Å². The molecule has 0 fully saturated rings. The molecule has 0 radical (unpaired) electrons. The van der Waals surface area contributed by atoms with Gasteiger partial charge < -0.3 is 5.32 Å². The van der Waals surface area contributed by atoms with Crippen LogP contribution in [0.4, 0.5) is 24.8 Å². The van der Waals surface area contributed by atoms with Crippen LogP contribution in [0.15, 0.2) is 18.5 Å². The predicted octanol–water partition coefficient (Wildman–Crippen LogP) is 2.28. The molecule has 0 bridgehead atoms. The minimum atomic E-state index is -4.48. The average Bonchev–Trinajstić information content (AvgIpc) is 2.56. The number of nitrogens with zero attached hydrogens (tertiary/aromatic N) is 4. The molecule has 5 nitrogen and oxygen atoms in total. The number of rotatable bonds is 2. The van der Waals surface area contributed by atoms with Crippen molar-refractivity contribution < 1.29 is 13.2 Å². The lowest BCUT2D eigenvalue weighted by Gasteiger charge is -2.07.